The Morgan fingerprint density at radius 2 is 1.58 bits per heavy atom. The number of nitriles is 2. The van der Waals surface area contributed by atoms with Crippen molar-refractivity contribution in [2.75, 3.05) is 24.4 Å². The number of rotatable bonds is 10. The van der Waals surface area contributed by atoms with Gasteiger partial charge < -0.3 is 15.2 Å². The molecule has 0 aliphatic carbocycles. The van der Waals surface area contributed by atoms with Gasteiger partial charge >= 0.3 is 5.97 Å². The zero-order valence-corrected chi connectivity index (χ0v) is 27.0. The molecule has 0 radical (unpaired) electrons. The number of methoxy groups -OCH3 is 1. The third-order valence-electron chi connectivity index (χ3n) is 7.75. The molecule has 1 atom stereocenters. The molecular formula is C36H29N5O6S. The van der Waals surface area contributed by atoms with Crippen molar-refractivity contribution in [1.29, 1.82) is 10.5 Å². The van der Waals surface area contributed by atoms with Crippen molar-refractivity contribution in [3.05, 3.63) is 101 Å². The van der Waals surface area contributed by atoms with Crippen molar-refractivity contribution in [3.8, 4) is 29.0 Å². The molecule has 1 fully saturated rings. The number of carbonyl (C=O) groups excluding carboxylic acids is 4. The number of carbonyl (C=O) groups is 4. The summed E-state index contributed by atoms with van der Waals surface area (Å²) in [7, 11) is 1.51. The van der Waals surface area contributed by atoms with Crippen molar-refractivity contribution in [3.63, 3.8) is 0 Å². The van der Waals surface area contributed by atoms with Gasteiger partial charge in [0.05, 0.1) is 29.2 Å². The van der Waals surface area contributed by atoms with Crippen LogP contribution in [0.2, 0.25) is 0 Å². The summed E-state index contributed by atoms with van der Waals surface area (Å²) in [6.07, 6.45) is -0.175. The first-order valence-electron chi connectivity index (χ1n) is 14.8. The number of pyridine rings is 1. The summed E-state index contributed by atoms with van der Waals surface area (Å²) >= 11 is 0.932. The predicted molar refractivity (Wildman–Crippen MR) is 178 cm³/mol. The molecular weight excluding hydrogens is 630 g/mol. The molecule has 2 N–H and O–H groups in total. The maximum atomic E-state index is 13.5. The van der Waals surface area contributed by atoms with Crippen molar-refractivity contribution < 1.29 is 28.7 Å². The van der Waals surface area contributed by atoms with Gasteiger partial charge in [0.15, 0.2) is 12.4 Å². The summed E-state index contributed by atoms with van der Waals surface area (Å²) in [4.78, 5) is 56.9. The highest BCUT2D eigenvalue weighted by atomic mass is 32.2. The van der Waals surface area contributed by atoms with Crippen LogP contribution in [0, 0.1) is 22.7 Å². The van der Waals surface area contributed by atoms with E-state index in [9.17, 15) is 29.7 Å². The molecule has 240 valence electrons. The fraction of sp³-hybridized carbons (Fsp3) is 0.194. The molecule has 1 unspecified atom stereocenters. The van der Waals surface area contributed by atoms with Crippen LogP contribution >= 0.6 is 11.8 Å². The number of hydrogen-bond donors (Lipinski definition) is 1. The van der Waals surface area contributed by atoms with Crippen LogP contribution in [-0.4, -0.2) is 47.5 Å². The monoisotopic (exact) mass is 659 g/mol. The van der Waals surface area contributed by atoms with E-state index in [1.807, 2.05) is 30.3 Å². The minimum Gasteiger partial charge on any atom is -0.497 e. The molecule has 3 aromatic carbocycles. The van der Waals surface area contributed by atoms with Crippen molar-refractivity contribution in [2.45, 2.75) is 36.5 Å². The van der Waals surface area contributed by atoms with Gasteiger partial charge in [0, 0.05) is 17.5 Å². The number of nitrogens with two attached hydrogens (primary N) is 1. The lowest BCUT2D eigenvalue weighted by Crippen LogP contribution is -2.31. The number of amides is 2. The van der Waals surface area contributed by atoms with Gasteiger partial charge in [-0.05, 0) is 65.6 Å². The maximum Gasteiger partial charge on any atom is 0.338 e. The molecule has 4 aromatic rings. The van der Waals surface area contributed by atoms with Crippen LogP contribution < -0.4 is 15.4 Å². The average molecular weight is 660 g/mol. The van der Waals surface area contributed by atoms with E-state index in [0.29, 0.717) is 22.4 Å². The molecule has 11 nitrogen and oxygen atoms in total. The van der Waals surface area contributed by atoms with Gasteiger partial charge in [-0.25, -0.2) is 14.7 Å². The number of ether oxygens (including phenoxy) is 2. The van der Waals surface area contributed by atoms with E-state index in [1.54, 1.807) is 24.3 Å². The second kappa shape index (κ2) is 14.2. The van der Waals surface area contributed by atoms with Gasteiger partial charge in [-0.1, -0.05) is 49.9 Å². The Morgan fingerprint density at radius 3 is 2.17 bits per heavy atom. The third kappa shape index (κ3) is 6.75. The normalized spacial score (nSPS) is 14.0. The highest BCUT2D eigenvalue weighted by Crippen LogP contribution is 2.40. The Balaban J connectivity index is 1.31. The van der Waals surface area contributed by atoms with Crippen molar-refractivity contribution in [2.24, 2.45) is 0 Å². The topological polar surface area (TPSA) is 176 Å². The molecule has 5 rings (SSSR count). The molecule has 2 heterocycles. The van der Waals surface area contributed by atoms with E-state index >= 15 is 0 Å². The number of benzene rings is 3. The Bertz CT molecular complexity index is 2000. The maximum absolute atomic E-state index is 13.5. The Hall–Kier alpha value is -5.98. The van der Waals surface area contributed by atoms with Gasteiger partial charge in [0.2, 0.25) is 11.8 Å². The van der Waals surface area contributed by atoms with Crippen molar-refractivity contribution in [1.82, 2.24) is 4.98 Å². The van der Waals surface area contributed by atoms with E-state index in [0.717, 1.165) is 22.2 Å². The molecule has 48 heavy (non-hydrogen) atoms. The fourth-order valence-electron chi connectivity index (χ4n) is 5.13. The number of aromatic nitrogens is 1. The van der Waals surface area contributed by atoms with Gasteiger partial charge in [0.25, 0.3) is 0 Å². The van der Waals surface area contributed by atoms with Crippen LogP contribution in [-0.2, 0) is 14.3 Å². The zero-order chi connectivity index (χ0) is 34.5. The smallest absolute Gasteiger partial charge is 0.338 e. The minimum atomic E-state index is -0.922. The molecule has 0 spiro atoms. The Morgan fingerprint density at radius 1 is 0.958 bits per heavy atom. The lowest BCUT2D eigenvalue weighted by molar-refractivity contribution is -0.121. The molecule has 0 saturated carbocycles. The van der Waals surface area contributed by atoms with Crippen LogP contribution in [0.15, 0.2) is 77.8 Å². The Labute approximate surface area is 280 Å². The fourth-order valence-corrected chi connectivity index (χ4v) is 6.25. The highest BCUT2D eigenvalue weighted by Gasteiger charge is 2.41. The lowest BCUT2D eigenvalue weighted by Gasteiger charge is -2.17. The average Bonchev–Trinajstić information content (AvgIpc) is 3.38. The third-order valence-corrected chi connectivity index (χ3v) is 8.92. The SMILES string of the molecule is COc1ccc(C(=O)COC(=O)c2ccc(N3C(=O)CC(Sc4nc(N)c(C#N)c(-c5ccc(C(C)C)cc5)c4C#N)C3=O)cc2)cc1. The molecule has 12 heteroatoms. The molecule has 1 aliphatic heterocycles. The van der Waals surface area contributed by atoms with Gasteiger partial charge in [-0.15, -0.1) is 0 Å². The minimum absolute atomic E-state index is 0.0485. The van der Waals surface area contributed by atoms with Gasteiger partial charge in [-0.2, -0.15) is 10.5 Å². The number of hydrogen-bond acceptors (Lipinski definition) is 11. The summed E-state index contributed by atoms with van der Waals surface area (Å²) in [6, 6.07) is 23.6. The summed E-state index contributed by atoms with van der Waals surface area (Å²) in [5, 5.41) is 19.3. The van der Waals surface area contributed by atoms with Crippen molar-refractivity contribution >= 4 is 46.8 Å². The second-order valence-corrected chi connectivity index (χ2v) is 12.3. The standard InChI is InChI=1S/C36H29N5O6S/c1-20(2)21-4-6-23(7-5-21)32-27(17-37)33(39)40-34(28(32)18-38)48-30-16-31(43)41(35(30)44)25-12-8-24(9-13-25)36(45)47-19-29(42)22-10-14-26(46-3)15-11-22/h4-15,20,30H,16,19H2,1-3H3,(H2,39,40). The van der Waals surface area contributed by atoms with Gasteiger partial charge in [-0.3, -0.25) is 14.4 Å². The predicted octanol–water partition coefficient (Wildman–Crippen LogP) is 5.67. The first-order valence-corrected chi connectivity index (χ1v) is 15.7. The largest absolute Gasteiger partial charge is 0.497 e. The molecule has 1 aromatic heterocycles. The van der Waals surface area contributed by atoms with Crippen LogP contribution in [0.1, 0.15) is 63.6 Å². The number of nitrogen functional groups attached to an aromatic ring is 1. The lowest BCUT2D eigenvalue weighted by atomic mass is 9.94. The Kier molecular flexibility index (Phi) is 9.88. The van der Waals surface area contributed by atoms with E-state index < -0.39 is 35.4 Å². The molecule has 0 bridgehead atoms. The number of ketones is 1. The molecule has 1 saturated heterocycles. The number of esters is 1. The zero-order valence-electron chi connectivity index (χ0n) is 26.2. The van der Waals surface area contributed by atoms with Crippen LogP contribution in [0.4, 0.5) is 11.5 Å². The summed E-state index contributed by atoms with van der Waals surface area (Å²) in [5.41, 5.74) is 8.99. The molecule has 1 aliphatic rings. The van der Waals surface area contributed by atoms with E-state index in [1.165, 1.54) is 31.4 Å². The van der Waals surface area contributed by atoms with Crippen LogP contribution in [0.25, 0.3) is 11.1 Å². The number of nitrogens with zero attached hydrogens (tertiary/aromatic N) is 4. The van der Waals surface area contributed by atoms with E-state index in [2.05, 4.69) is 24.9 Å². The van der Waals surface area contributed by atoms with Gasteiger partial charge in [0.1, 0.15) is 34.3 Å². The number of anilines is 2. The summed E-state index contributed by atoms with van der Waals surface area (Å²) in [5.74, 6) is -1.40. The van der Waals surface area contributed by atoms with Crippen LogP contribution in [0.3, 0.4) is 0 Å². The van der Waals surface area contributed by atoms with E-state index in [4.69, 9.17) is 15.2 Å². The first kappa shape index (κ1) is 33.4. The summed E-state index contributed by atoms with van der Waals surface area (Å²) < 4.78 is 10.2. The first-order chi connectivity index (χ1) is 23.1. The molecule has 2 amide bonds. The second-order valence-electron chi connectivity index (χ2n) is 11.1. The van der Waals surface area contributed by atoms with E-state index in [-0.39, 0.29) is 45.6 Å². The highest BCUT2D eigenvalue weighted by molar-refractivity contribution is 8.00. The summed E-state index contributed by atoms with van der Waals surface area (Å²) in [6.45, 7) is 3.63. The quantitative estimate of drug-likeness (QED) is 0.126. The number of imide groups is 1. The number of thioether (sulfide) groups is 1. The number of Topliss-reactive ketones (excluding diaryl/α,β-unsaturated/α-hetero) is 1. The van der Waals surface area contributed by atoms with Crippen LogP contribution in [0.5, 0.6) is 5.75 Å².